The van der Waals surface area contributed by atoms with E-state index in [4.69, 9.17) is 21.1 Å². The van der Waals surface area contributed by atoms with Gasteiger partial charge in [-0.15, -0.1) is 0 Å². The van der Waals surface area contributed by atoms with Gasteiger partial charge in [0.2, 0.25) is 50.1 Å². The molecule has 0 fully saturated rings. The summed E-state index contributed by atoms with van der Waals surface area (Å²) in [6.07, 6.45) is 31.4. The molecule has 5 aromatic heterocycles. The van der Waals surface area contributed by atoms with Crippen molar-refractivity contribution in [2.45, 2.75) is 191 Å². The highest BCUT2D eigenvalue weighted by Gasteiger charge is 2.32. The fourth-order valence-electron chi connectivity index (χ4n) is 14.7. The first-order valence-corrected chi connectivity index (χ1v) is 46.3. The summed E-state index contributed by atoms with van der Waals surface area (Å²) < 4.78 is 151. The quantitative estimate of drug-likeness (QED) is 0.0473. The van der Waals surface area contributed by atoms with Crippen LogP contribution in [-0.2, 0) is 82.2 Å². The molecular formula is C87H95ClN10O12S5. The van der Waals surface area contributed by atoms with Gasteiger partial charge in [-0.1, -0.05) is 72.3 Å². The lowest BCUT2D eigenvalue weighted by molar-refractivity contribution is 0.242. The number of nitrogens with zero attached hydrogens (tertiary/aromatic N) is 5. The molecule has 0 aliphatic heterocycles. The second kappa shape index (κ2) is 39.0. The van der Waals surface area contributed by atoms with Crippen molar-refractivity contribution < 1.29 is 51.6 Å². The van der Waals surface area contributed by atoms with Gasteiger partial charge in [0.1, 0.15) is 11.5 Å². The molecule has 5 heterocycles. The van der Waals surface area contributed by atoms with E-state index in [-0.39, 0.29) is 57.1 Å². The summed E-state index contributed by atoms with van der Waals surface area (Å²) in [5.41, 5.74) is 12.9. The van der Waals surface area contributed by atoms with Crippen LogP contribution in [0, 0.1) is 0 Å². The van der Waals surface area contributed by atoms with Gasteiger partial charge in [0.25, 0.3) is 0 Å². The van der Waals surface area contributed by atoms with Gasteiger partial charge in [0.15, 0.2) is 0 Å². The van der Waals surface area contributed by atoms with Crippen LogP contribution >= 0.6 is 11.6 Å². The first kappa shape index (κ1) is 84.9. The number of aryl methyl sites for hydroxylation is 5. The molecule has 0 amide bonds. The van der Waals surface area contributed by atoms with Crippen molar-refractivity contribution in [1.82, 2.24) is 48.5 Å². The average molecular weight is 1670 g/mol. The van der Waals surface area contributed by atoms with E-state index in [1.807, 2.05) is 125 Å². The number of hydrogen-bond donors (Lipinski definition) is 5. The Morgan fingerprint density at radius 2 is 0.557 bits per heavy atom. The van der Waals surface area contributed by atoms with Crippen molar-refractivity contribution in [1.29, 1.82) is 0 Å². The van der Waals surface area contributed by atoms with Crippen LogP contribution in [-0.4, -0.2) is 79.2 Å². The molecule has 5 N–H and O–H groups in total. The maximum absolute atomic E-state index is 12.8. The number of sulfonamides is 5. The summed E-state index contributed by atoms with van der Waals surface area (Å²) in [6, 6.07) is 53.3. The van der Waals surface area contributed by atoms with Crippen molar-refractivity contribution in [3.8, 4) is 22.6 Å². The van der Waals surface area contributed by atoms with Gasteiger partial charge in [-0.2, -0.15) is 0 Å². The number of hydrogen-bond acceptors (Lipinski definition) is 17. The van der Waals surface area contributed by atoms with Crippen LogP contribution in [0.4, 0.5) is 0 Å². The van der Waals surface area contributed by atoms with Gasteiger partial charge in [-0.25, -0.2) is 65.7 Å². The molecule has 0 spiro atoms. The summed E-state index contributed by atoms with van der Waals surface area (Å²) in [5, 5.41) is 0.517. The van der Waals surface area contributed by atoms with E-state index in [1.54, 1.807) is 140 Å². The molecule has 22 nitrogen and oxygen atoms in total. The molecule has 5 aliphatic rings. The molecule has 28 heteroatoms. The normalized spacial score (nSPS) is 17.7. The zero-order chi connectivity index (χ0) is 81.2. The third kappa shape index (κ3) is 23.0. The lowest BCUT2D eigenvalue weighted by Crippen LogP contribution is -2.31. The Balaban J connectivity index is 0.000000133. The van der Waals surface area contributed by atoms with Gasteiger partial charge in [0, 0.05) is 97.2 Å². The van der Waals surface area contributed by atoms with Gasteiger partial charge in [-0.3, -0.25) is 24.9 Å². The maximum atomic E-state index is 12.8. The number of halogens is 1. The van der Waals surface area contributed by atoms with Crippen LogP contribution in [0.5, 0.6) is 11.5 Å². The second-order valence-corrected chi connectivity index (χ2v) is 38.1. The summed E-state index contributed by atoms with van der Waals surface area (Å²) in [7, 11) is -17.7. The minimum atomic E-state index is -3.58. The molecule has 0 radical (unpaired) electrons. The lowest BCUT2D eigenvalue weighted by Gasteiger charge is -2.25. The molecule has 16 rings (SSSR count). The van der Waals surface area contributed by atoms with E-state index in [0.29, 0.717) is 26.3 Å². The summed E-state index contributed by atoms with van der Waals surface area (Å²) in [4.78, 5) is 22.0. The van der Waals surface area contributed by atoms with Crippen LogP contribution in [0.25, 0.3) is 11.1 Å². The highest BCUT2D eigenvalue weighted by molar-refractivity contribution is 7.90. The van der Waals surface area contributed by atoms with Crippen molar-refractivity contribution >= 4 is 61.7 Å². The number of nitrogens with one attached hydrogen (secondary N) is 5. The molecule has 0 bridgehead atoms. The number of ether oxygens (including phenoxy) is 2. The minimum absolute atomic E-state index is 0.0526. The number of fused-ring (bicyclic) bond motifs is 5. The van der Waals surface area contributed by atoms with Crippen LogP contribution in [0.15, 0.2) is 275 Å². The Kier molecular flexibility index (Phi) is 28.8. The van der Waals surface area contributed by atoms with E-state index < -0.39 is 50.1 Å². The molecule has 6 aromatic carbocycles. The first-order chi connectivity index (χ1) is 55.3. The Morgan fingerprint density at radius 1 is 0.296 bits per heavy atom. The largest absolute Gasteiger partial charge is 0.491 e. The molecule has 602 valence electrons. The number of rotatable bonds is 20. The SMILES string of the molecule is CC(C)Oc1ccc(S(=O)(=O)NC2CCCc3ccncc32)cc1.CC(C)Oc1ccc(S(=O)(=O)NC2CCCc3cnccc32)cc1.O=S(=O)(NC1CCCc2cnccc21)c1ccc(-c2ccccc2)cc1.O=S(=O)(NC1CCCc2cnccc21)c1ccc(Cl)cc1.O=S(=O)(NC1CCCc2cnccc21)c1ccccc1. The summed E-state index contributed by atoms with van der Waals surface area (Å²) in [6.45, 7) is 7.73. The topological polar surface area (TPSA) is 314 Å². The minimum Gasteiger partial charge on any atom is -0.491 e. The fourth-order valence-corrected chi connectivity index (χ4v) is 21.1. The molecule has 11 aromatic rings. The molecular weight excluding hydrogens is 1570 g/mol. The monoisotopic (exact) mass is 1670 g/mol. The van der Waals surface area contributed by atoms with Gasteiger partial charge >= 0.3 is 0 Å². The van der Waals surface area contributed by atoms with E-state index in [2.05, 4.69) is 48.5 Å². The van der Waals surface area contributed by atoms with Crippen molar-refractivity contribution in [3.63, 3.8) is 0 Å². The van der Waals surface area contributed by atoms with E-state index >= 15 is 0 Å². The van der Waals surface area contributed by atoms with E-state index in [1.165, 1.54) is 17.7 Å². The third-order valence-electron chi connectivity index (χ3n) is 20.2. The van der Waals surface area contributed by atoms with Crippen molar-refractivity contribution in [2.24, 2.45) is 0 Å². The van der Waals surface area contributed by atoms with Crippen LogP contribution < -0.4 is 33.1 Å². The Labute approximate surface area is 681 Å². The maximum Gasteiger partial charge on any atom is 0.241 e. The summed E-state index contributed by atoms with van der Waals surface area (Å²) in [5.74, 6) is 1.33. The molecule has 115 heavy (non-hydrogen) atoms. The lowest BCUT2D eigenvalue weighted by atomic mass is 9.90. The first-order valence-electron chi connectivity index (χ1n) is 38.5. The Bertz CT molecular complexity index is 5540. The van der Waals surface area contributed by atoms with Crippen LogP contribution in [0.3, 0.4) is 0 Å². The highest BCUT2D eigenvalue weighted by atomic mass is 35.5. The van der Waals surface area contributed by atoms with Crippen LogP contribution in [0.2, 0.25) is 5.02 Å². The van der Waals surface area contributed by atoms with Gasteiger partial charge in [-0.05, 0) is 318 Å². The predicted octanol–water partition coefficient (Wildman–Crippen LogP) is 16.1. The molecule has 5 aliphatic carbocycles. The third-order valence-corrected chi connectivity index (χ3v) is 27.9. The Morgan fingerprint density at radius 3 is 0.887 bits per heavy atom. The smallest absolute Gasteiger partial charge is 0.241 e. The van der Waals surface area contributed by atoms with E-state index in [9.17, 15) is 42.1 Å². The van der Waals surface area contributed by atoms with E-state index in [0.717, 1.165) is 158 Å². The zero-order valence-corrected chi connectivity index (χ0v) is 69.2. The molecule has 0 saturated carbocycles. The van der Waals surface area contributed by atoms with Crippen molar-refractivity contribution in [2.75, 3.05) is 0 Å². The Hall–Kier alpha value is -9.49. The second-order valence-electron chi connectivity index (χ2n) is 29.1. The standard InChI is InChI=1S/C21H20N2O2S.2C18H22N2O3S.C15H15ClN2O2S.C15H16N2O2S/c24-26(25,23-21-8-4-7-18-15-22-14-13-20(18)21)19-11-9-17(10-12-19)16-5-2-1-3-6-16;1-13(2)23-15-6-8-16(9-7-15)24(21,22)20-18-5-3-4-14-12-19-11-10-17(14)18;1-13(2)23-15-6-8-16(9-7-15)24(21,22)20-18-5-3-4-14-10-11-19-12-17(14)18;16-12-4-6-13(7-5-12)21(19,20)18-15-3-1-2-11-10-17-9-8-14(11)15;18-20(19,13-6-2-1-3-7-13)17-15-8-4-5-12-11-16-10-9-14(12)15/h1-3,5-6,9-15,21,23H,4,7-8H2;2*6-13,18,20H,3-5H2,1-2H3;4-10,15,18H,1-3H2;1-3,6-7,9-11,15,17H,4-5,8H2. The molecule has 5 unspecified atom stereocenters. The van der Waals surface area contributed by atoms with Gasteiger partial charge in [0.05, 0.1) is 36.7 Å². The van der Waals surface area contributed by atoms with Crippen molar-refractivity contribution in [3.05, 3.63) is 311 Å². The number of pyridine rings is 5. The predicted molar refractivity (Wildman–Crippen MR) is 445 cm³/mol. The highest BCUT2D eigenvalue weighted by Crippen LogP contribution is 2.37. The average Bonchev–Trinajstić information content (AvgIpc) is 0.823. The van der Waals surface area contributed by atoms with Gasteiger partial charge < -0.3 is 9.47 Å². The number of aromatic nitrogens is 5. The number of benzene rings is 6. The van der Waals surface area contributed by atoms with Crippen LogP contribution in [0.1, 0.15) is 178 Å². The molecule has 0 saturated heterocycles. The fraction of sp³-hybridized carbons (Fsp3) is 0.299. The zero-order valence-electron chi connectivity index (χ0n) is 64.4. The summed E-state index contributed by atoms with van der Waals surface area (Å²) >= 11 is 5.80. The molecule has 5 atom stereocenters.